The third kappa shape index (κ3) is 4.38. The molecule has 0 aliphatic heterocycles. The summed E-state index contributed by atoms with van der Waals surface area (Å²) in [5.74, 6) is 0.115. The molecule has 1 N–H and O–H groups in total. The molecule has 0 fully saturated rings. The maximum absolute atomic E-state index is 12.4. The van der Waals surface area contributed by atoms with Crippen molar-refractivity contribution in [2.45, 2.75) is 26.8 Å². The average molecular weight is 316 g/mol. The molecule has 1 aromatic heterocycles. The Bertz CT molecular complexity index is 670. The maximum atomic E-state index is 12.4. The summed E-state index contributed by atoms with van der Waals surface area (Å²) in [5.41, 5.74) is 1.09. The van der Waals surface area contributed by atoms with Gasteiger partial charge in [-0.1, -0.05) is 25.1 Å². The summed E-state index contributed by atoms with van der Waals surface area (Å²) in [6.45, 7) is 4.07. The molecule has 1 unspecified atom stereocenters. The Hall–Kier alpha value is -2.70. The summed E-state index contributed by atoms with van der Waals surface area (Å²) in [6.07, 6.45) is 1.98. The standard InChI is InChI=1S/C16H20N4O3/c1-4-11(2)15(21)18-13-7-5-6-12(8-13)16(22)20(3)9-14-17-10-23-19-14/h5-8,10-11H,4,9H2,1-3H3,(H,18,21). The van der Waals surface area contributed by atoms with E-state index in [1.807, 2.05) is 13.8 Å². The molecule has 1 aromatic carbocycles. The molecular formula is C16H20N4O3. The van der Waals surface area contributed by atoms with Crippen LogP contribution in [0.15, 0.2) is 35.2 Å². The fourth-order valence-electron chi connectivity index (χ4n) is 1.95. The van der Waals surface area contributed by atoms with Crippen LogP contribution >= 0.6 is 0 Å². The van der Waals surface area contributed by atoms with Crippen molar-refractivity contribution in [1.29, 1.82) is 0 Å². The fourth-order valence-corrected chi connectivity index (χ4v) is 1.95. The SMILES string of the molecule is CCC(C)C(=O)Nc1cccc(C(=O)N(C)Cc2ncon2)c1. The van der Waals surface area contributed by atoms with E-state index in [1.165, 1.54) is 11.3 Å². The molecular weight excluding hydrogens is 296 g/mol. The first-order chi connectivity index (χ1) is 11.0. The van der Waals surface area contributed by atoms with Crippen LogP contribution in [0.25, 0.3) is 0 Å². The van der Waals surface area contributed by atoms with Gasteiger partial charge in [0, 0.05) is 24.2 Å². The molecule has 23 heavy (non-hydrogen) atoms. The van der Waals surface area contributed by atoms with E-state index in [-0.39, 0.29) is 24.3 Å². The molecule has 0 radical (unpaired) electrons. The second-order valence-electron chi connectivity index (χ2n) is 5.39. The van der Waals surface area contributed by atoms with Crippen LogP contribution in [0.4, 0.5) is 5.69 Å². The Kier molecular flexibility index (Phi) is 5.46. The summed E-state index contributed by atoms with van der Waals surface area (Å²) < 4.78 is 4.65. The van der Waals surface area contributed by atoms with Crippen LogP contribution in [0.2, 0.25) is 0 Å². The first-order valence-corrected chi connectivity index (χ1v) is 7.43. The lowest BCUT2D eigenvalue weighted by atomic mass is 10.1. The fraction of sp³-hybridized carbons (Fsp3) is 0.375. The predicted octanol–water partition coefficient (Wildman–Crippen LogP) is 2.33. The molecule has 0 aliphatic rings. The van der Waals surface area contributed by atoms with E-state index in [9.17, 15) is 9.59 Å². The molecule has 0 saturated carbocycles. The van der Waals surface area contributed by atoms with Crippen molar-refractivity contribution < 1.29 is 14.1 Å². The molecule has 0 saturated heterocycles. The first kappa shape index (κ1) is 16.7. The highest BCUT2D eigenvalue weighted by Crippen LogP contribution is 2.15. The van der Waals surface area contributed by atoms with Gasteiger partial charge in [-0.15, -0.1) is 0 Å². The summed E-state index contributed by atoms with van der Waals surface area (Å²) in [7, 11) is 1.66. The van der Waals surface area contributed by atoms with E-state index in [1.54, 1.807) is 31.3 Å². The molecule has 7 nitrogen and oxygen atoms in total. The molecule has 1 heterocycles. The highest BCUT2D eigenvalue weighted by molar-refractivity contribution is 5.97. The second kappa shape index (κ2) is 7.53. The van der Waals surface area contributed by atoms with Gasteiger partial charge in [-0.25, -0.2) is 0 Å². The highest BCUT2D eigenvalue weighted by atomic mass is 16.5. The summed E-state index contributed by atoms with van der Waals surface area (Å²) in [4.78, 5) is 29.7. The summed E-state index contributed by atoms with van der Waals surface area (Å²) in [6, 6.07) is 6.86. The zero-order valence-electron chi connectivity index (χ0n) is 13.4. The Labute approximate surface area is 134 Å². The number of rotatable bonds is 6. The number of nitrogens with zero attached hydrogens (tertiary/aromatic N) is 3. The van der Waals surface area contributed by atoms with E-state index in [0.717, 1.165) is 6.42 Å². The van der Waals surface area contributed by atoms with Crippen molar-refractivity contribution in [2.24, 2.45) is 5.92 Å². The zero-order valence-corrected chi connectivity index (χ0v) is 13.4. The van der Waals surface area contributed by atoms with Crippen LogP contribution in [0.3, 0.4) is 0 Å². The van der Waals surface area contributed by atoms with Gasteiger partial charge in [0.1, 0.15) is 0 Å². The number of carbonyl (C=O) groups excluding carboxylic acids is 2. The third-order valence-corrected chi connectivity index (χ3v) is 3.57. The van der Waals surface area contributed by atoms with E-state index in [4.69, 9.17) is 0 Å². The van der Waals surface area contributed by atoms with Gasteiger partial charge in [-0.3, -0.25) is 9.59 Å². The minimum absolute atomic E-state index is 0.0581. The van der Waals surface area contributed by atoms with Crippen molar-refractivity contribution in [2.75, 3.05) is 12.4 Å². The van der Waals surface area contributed by atoms with Crippen molar-refractivity contribution in [1.82, 2.24) is 15.0 Å². The number of hydrogen-bond donors (Lipinski definition) is 1. The minimum atomic E-state index is -0.186. The quantitative estimate of drug-likeness (QED) is 0.883. The van der Waals surface area contributed by atoms with Gasteiger partial charge in [0.2, 0.25) is 12.3 Å². The van der Waals surface area contributed by atoms with E-state index >= 15 is 0 Å². The molecule has 2 rings (SSSR count). The topological polar surface area (TPSA) is 88.3 Å². The largest absolute Gasteiger partial charge is 0.343 e. The van der Waals surface area contributed by atoms with Crippen LogP contribution < -0.4 is 5.32 Å². The summed E-state index contributed by atoms with van der Waals surface area (Å²) in [5, 5.41) is 6.50. The number of aromatic nitrogens is 2. The van der Waals surface area contributed by atoms with E-state index < -0.39 is 0 Å². The Morgan fingerprint density at radius 3 is 2.83 bits per heavy atom. The smallest absolute Gasteiger partial charge is 0.254 e. The van der Waals surface area contributed by atoms with Crippen molar-refractivity contribution in [3.8, 4) is 0 Å². The Morgan fingerprint density at radius 1 is 1.39 bits per heavy atom. The van der Waals surface area contributed by atoms with Crippen LogP contribution in [0, 0.1) is 5.92 Å². The molecule has 0 bridgehead atoms. The van der Waals surface area contributed by atoms with Crippen molar-refractivity contribution in [3.63, 3.8) is 0 Å². The van der Waals surface area contributed by atoms with E-state index in [0.29, 0.717) is 17.1 Å². The van der Waals surface area contributed by atoms with Gasteiger partial charge in [-0.05, 0) is 24.6 Å². The molecule has 7 heteroatoms. The van der Waals surface area contributed by atoms with Crippen molar-refractivity contribution >= 4 is 17.5 Å². The van der Waals surface area contributed by atoms with E-state index in [2.05, 4.69) is 20.0 Å². The second-order valence-corrected chi connectivity index (χ2v) is 5.39. The predicted molar refractivity (Wildman–Crippen MR) is 84.6 cm³/mol. The molecule has 0 spiro atoms. The monoisotopic (exact) mass is 316 g/mol. The molecule has 122 valence electrons. The van der Waals surface area contributed by atoms with Gasteiger partial charge in [0.25, 0.3) is 5.91 Å². The van der Waals surface area contributed by atoms with Gasteiger partial charge in [0.05, 0.1) is 6.54 Å². The molecule has 0 aliphatic carbocycles. The zero-order chi connectivity index (χ0) is 16.8. The maximum Gasteiger partial charge on any atom is 0.254 e. The molecule has 2 amide bonds. The highest BCUT2D eigenvalue weighted by Gasteiger charge is 2.16. The summed E-state index contributed by atoms with van der Waals surface area (Å²) >= 11 is 0. The number of hydrogen-bond acceptors (Lipinski definition) is 5. The number of benzene rings is 1. The number of anilines is 1. The Balaban J connectivity index is 2.06. The van der Waals surface area contributed by atoms with Gasteiger partial charge in [-0.2, -0.15) is 4.98 Å². The molecule has 1 atom stereocenters. The van der Waals surface area contributed by atoms with Gasteiger partial charge >= 0.3 is 0 Å². The number of nitrogens with one attached hydrogen (secondary N) is 1. The number of carbonyl (C=O) groups is 2. The van der Waals surface area contributed by atoms with Crippen LogP contribution in [-0.2, 0) is 11.3 Å². The van der Waals surface area contributed by atoms with Gasteiger partial charge < -0.3 is 14.7 Å². The minimum Gasteiger partial charge on any atom is -0.343 e. The average Bonchev–Trinajstić information content (AvgIpc) is 3.06. The third-order valence-electron chi connectivity index (χ3n) is 3.57. The number of amides is 2. The lowest BCUT2D eigenvalue weighted by Gasteiger charge is -2.16. The van der Waals surface area contributed by atoms with Crippen LogP contribution in [0.5, 0.6) is 0 Å². The van der Waals surface area contributed by atoms with Crippen LogP contribution in [0.1, 0.15) is 36.5 Å². The van der Waals surface area contributed by atoms with Crippen molar-refractivity contribution in [3.05, 3.63) is 42.0 Å². The lowest BCUT2D eigenvalue weighted by molar-refractivity contribution is -0.119. The van der Waals surface area contributed by atoms with Crippen LogP contribution in [-0.4, -0.2) is 33.9 Å². The van der Waals surface area contributed by atoms with Gasteiger partial charge in [0.15, 0.2) is 5.82 Å². The lowest BCUT2D eigenvalue weighted by Crippen LogP contribution is -2.27. The normalized spacial score (nSPS) is 11.8. The first-order valence-electron chi connectivity index (χ1n) is 7.43. The molecule has 2 aromatic rings. The Morgan fingerprint density at radius 2 is 2.17 bits per heavy atom.